The van der Waals surface area contributed by atoms with E-state index in [9.17, 15) is 4.79 Å². The van der Waals surface area contributed by atoms with E-state index in [1.54, 1.807) is 18.3 Å². The third-order valence-electron chi connectivity index (χ3n) is 4.42. The van der Waals surface area contributed by atoms with Crippen LogP contribution in [0.4, 0.5) is 0 Å². The first-order chi connectivity index (χ1) is 9.66. The number of carbonyl (C=O) groups excluding carboxylic acids is 1. The second kappa shape index (κ2) is 5.53. The molecule has 1 unspecified atom stereocenters. The van der Waals surface area contributed by atoms with Crippen LogP contribution in [0.1, 0.15) is 53.5 Å². The summed E-state index contributed by atoms with van der Waals surface area (Å²) in [6, 6.07) is 6.69. The van der Waals surface area contributed by atoms with Crippen LogP contribution in [0.15, 0.2) is 29.0 Å². The molecule has 0 radical (unpaired) electrons. The van der Waals surface area contributed by atoms with Crippen molar-refractivity contribution < 1.29 is 4.79 Å². The molecule has 1 aromatic heterocycles. The summed E-state index contributed by atoms with van der Waals surface area (Å²) in [6.07, 6.45) is 4.30. The lowest BCUT2D eigenvalue weighted by atomic mass is 9.84. The summed E-state index contributed by atoms with van der Waals surface area (Å²) in [4.78, 5) is 11.7. The molecule has 1 aromatic carbocycles. The fourth-order valence-corrected chi connectivity index (χ4v) is 4.13. The molecule has 0 saturated carbocycles. The van der Waals surface area contributed by atoms with Gasteiger partial charge in [-0.3, -0.25) is 4.79 Å². The SMILES string of the molecule is CC(=O)CC(c1ccsc1)c1ccc2c(c1C)CCC2. The Balaban J connectivity index is 2.06. The molecule has 0 spiro atoms. The van der Waals surface area contributed by atoms with Crippen LogP contribution in [0.5, 0.6) is 0 Å². The number of ketones is 1. The Hall–Kier alpha value is -1.41. The van der Waals surface area contributed by atoms with Crippen molar-refractivity contribution in [2.45, 2.75) is 45.4 Å². The van der Waals surface area contributed by atoms with Crippen LogP contribution in [0.3, 0.4) is 0 Å². The molecule has 0 fully saturated rings. The first-order valence-corrected chi connectivity index (χ1v) is 8.24. The molecule has 0 amide bonds. The second-order valence-electron chi connectivity index (χ2n) is 5.79. The average Bonchev–Trinajstić information content (AvgIpc) is 3.08. The normalized spacial score (nSPS) is 15.1. The number of hydrogen-bond donors (Lipinski definition) is 0. The van der Waals surface area contributed by atoms with Crippen molar-refractivity contribution >= 4 is 17.1 Å². The Morgan fingerprint density at radius 3 is 2.85 bits per heavy atom. The van der Waals surface area contributed by atoms with Crippen LogP contribution in [0, 0.1) is 6.92 Å². The Kier molecular flexibility index (Phi) is 3.75. The molecule has 0 N–H and O–H groups in total. The molecular weight excluding hydrogens is 264 g/mol. The van der Waals surface area contributed by atoms with Crippen LogP contribution in [-0.4, -0.2) is 5.78 Å². The third-order valence-corrected chi connectivity index (χ3v) is 5.12. The van der Waals surface area contributed by atoms with Crippen molar-refractivity contribution in [2.24, 2.45) is 0 Å². The van der Waals surface area contributed by atoms with Crippen molar-refractivity contribution in [3.8, 4) is 0 Å². The van der Waals surface area contributed by atoms with E-state index in [2.05, 4.69) is 35.9 Å². The molecule has 0 saturated heterocycles. The highest BCUT2D eigenvalue weighted by atomic mass is 32.1. The summed E-state index contributed by atoms with van der Waals surface area (Å²) < 4.78 is 0. The first-order valence-electron chi connectivity index (χ1n) is 7.29. The smallest absolute Gasteiger partial charge is 0.130 e. The van der Waals surface area contributed by atoms with Gasteiger partial charge in [-0.15, -0.1) is 0 Å². The van der Waals surface area contributed by atoms with E-state index in [-0.39, 0.29) is 11.7 Å². The molecule has 2 aromatic rings. The molecule has 0 aliphatic heterocycles. The lowest BCUT2D eigenvalue weighted by Crippen LogP contribution is -2.08. The van der Waals surface area contributed by atoms with Crippen LogP contribution >= 0.6 is 11.3 Å². The molecule has 2 heteroatoms. The highest BCUT2D eigenvalue weighted by Crippen LogP contribution is 2.36. The number of hydrogen-bond acceptors (Lipinski definition) is 2. The van der Waals surface area contributed by atoms with Crippen molar-refractivity contribution in [1.82, 2.24) is 0 Å². The zero-order chi connectivity index (χ0) is 14.1. The predicted octanol–water partition coefficient (Wildman–Crippen LogP) is 4.66. The number of fused-ring (bicyclic) bond motifs is 1. The Labute approximate surface area is 124 Å². The van der Waals surface area contributed by atoms with Crippen molar-refractivity contribution in [3.05, 3.63) is 56.8 Å². The minimum Gasteiger partial charge on any atom is -0.300 e. The fourth-order valence-electron chi connectivity index (χ4n) is 3.41. The van der Waals surface area contributed by atoms with Crippen molar-refractivity contribution in [3.63, 3.8) is 0 Å². The van der Waals surface area contributed by atoms with Gasteiger partial charge in [0.2, 0.25) is 0 Å². The monoisotopic (exact) mass is 284 g/mol. The quantitative estimate of drug-likeness (QED) is 0.798. The minimum atomic E-state index is 0.227. The summed E-state index contributed by atoms with van der Waals surface area (Å²) in [6.45, 7) is 3.93. The average molecular weight is 284 g/mol. The standard InChI is InChI=1S/C18H20OS/c1-12(19)10-18(15-8-9-20-11-15)17-7-6-14-4-3-5-16(14)13(17)2/h6-9,11,18H,3-5,10H2,1-2H3. The van der Waals surface area contributed by atoms with Crippen LogP contribution < -0.4 is 0 Å². The highest BCUT2D eigenvalue weighted by molar-refractivity contribution is 7.08. The molecule has 1 heterocycles. The summed E-state index contributed by atoms with van der Waals surface area (Å²) in [5.41, 5.74) is 7.09. The van der Waals surface area contributed by atoms with Gasteiger partial charge in [-0.2, -0.15) is 11.3 Å². The molecular formula is C18H20OS. The van der Waals surface area contributed by atoms with Crippen LogP contribution in [0.25, 0.3) is 0 Å². The van der Waals surface area contributed by atoms with Gasteiger partial charge in [0, 0.05) is 12.3 Å². The largest absolute Gasteiger partial charge is 0.300 e. The zero-order valence-corrected chi connectivity index (χ0v) is 12.9. The molecule has 104 valence electrons. The highest BCUT2D eigenvalue weighted by Gasteiger charge is 2.22. The number of carbonyl (C=O) groups is 1. The number of benzene rings is 1. The van der Waals surface area contributed by atoms with Gasteiger partial charge >= 0.3 is 0 Å². The summed E-state index contributed by atoms with van der Waals surface area (Å²) in [7, 11) is 0. The maximum Gasteiger partial charge on any atom is 0.130 e. The molecule has 0 bridgehead atoms. The number of Topliss-reactive ketones (excluding diaryl/α,β-unsaturated/α-hetero) is 1. The number of rotatable bonds is 4. The van der Waals surface area contributed by atoms with Gasteiger partial charge in [0.15, 0.2) is 0 Å². The zero-order valence-electron chi connectivity index (χ0n) is 12.1. The van der Waals surface area contributed by atoms with E-state index < -0.39 is 0 Å². The molecule has 1 aliphatic carbocycles. The number of thiophene rings is 1. The van der Waals surface area contributed by atoms with Gasteiger partial charge in [0.05, 0.1) is 0 Å². The minimum absolute atomic E-state index is 0.227. The maximum absolute atomic E-state index is 11.7. The maximum atomic E-state index is 11.7. The van der Waals surface area contributed by atoms with E-state index >= 15 is 0 Å². The van der Waals surface area contributed by atoms with E-state index in [1.165, 1.54) is 47.1 Å². The summed E-state index contributed by atoms with van der Waals surface area (Å²) >= 11 is 1.71. The molecule has 20 heavy (non-hydrogen) atoms. The lowest BCUT2D eigenvalue weighted by Gasteiger charge is -2.20. The second-order valence-corrected chi connectivity index (χ2v) is 6.57. The molecule has 1 aliphatic rings. The topological polar surface area (TPSA) is 17.1 Å². The summed E-state index contributed by atoms with van der Waals surface area (Å²) in [5, 5.41) is 4.28. The Morgan fingerprint density at radius 2 is 2.15 bits per heavy atom. The third kappa shape index (κ3) is 2.45. The molecule has 1 atom stereocenters. The Bertz CT molecular complexity index is 625. The van der Waals surface area contributed by atoms with E-state index in [1.807, 2.05) is 0 Å². The molecule has 3 rings (SSSR count). The van der Waals surface area contributed by atoms with Gasteiger partial charge < -0.3 is 0 Å². The van der Waals surface area contributed by atoms with E-state index in [0.717, 1.165) is 0 Å². The van der Waals surface area contributed by atoms with Crippen molar-refractivity contribution in [1.29, 1.82) is 0 Å². The van der Waals surface area contributed by atoms with Gasteiger partial charge in [-0.05, 0) is 77.8 Å². The van der Waals surface area contributed by atoms with Crippen LogP contribution in [-0.2, 0) is 17.6 Å². The van der Waals surface area contributed by atoms with Gasteiger partial charge in [0.25, 0.3) is 0 Å². The van der Waals surface area contributed by atoms with Gasteiger partial charge in [-0.25, -0.2) is 0 Å². The Morgan fingerprint density at radius 1 is 1.30 bits per heavy atom. The first kappa shape index (κ1) is 13.6. The van der Waals surface area contributed by atoms with Crippen LogP contribution in [0.2, 0.25) is 0 Å². The predicted molar refractivity (Wildman–Crippen MR) is 84.7 cm³/mol. The van der Waals surface area contributed by atoms with E-state index in [0.29, 0.717) is 6.42 Å². The van der Waals surface area contributed by atoms with Gasteiger partial charge in [0.1, 0.15) is 5.78 Å². The van der Waals surface area contributed by atoms with Crippen molar-refractivity contribution in [2.75, 3.05) is 0 Å². The van der Waals surface area contributed by atoms with Gasteiger partial charge in [-0.1, -0.05) is 12.1 Å². The summed E-state index contributed by atoms with van der Waals surface area (Å²) in [5.74, 6) is 0.491. The van der Waals surface area contributed by atoms with E-state index in [4.69, 9.17) is 0 Å². The molecule has 1 nitrogen and oxygen atoms in total. The lowest BCUT2D eigenvalue weighted by molar-refractivity contribution is -0.117. The fraction of sp³-hybridized carbons (Fsp3) is 0.389. The number of aryl methyl sites for hydroxylation is 1.